The van der Waals surface area contributed by atoms with Crippen molar-refractivity contribution in [2.24, 2.45) is 5.84 Å². The number of benzene rings is 1. The summed E-state index contributed by atoms with van der Waals surface area (Å²) in [6, 6.07) is 7.24. The molecule has 2 rings (SSSR count). The van der Waals surface area contributed by atoms with Gasteiger partial charge >= 0.3 is 0 Å². The summed E-state index contributed by atoms with van der Waals surface area (Å²) in [6.45, 7) is 0. The van der Waals surface area contributed by atoms with Gasteiger partial charge in [-0.1, -0.05) is 29.3 Å². The lowest BCUT2D eigenvalue weighted by Gasteiger charge is -2.17. The third-order valence-corrected chi connectivity index (χ3v) is 3.71. The summed E-state index contributed by atoms with van der Waals surface area (Å²) < 4.78 is 0. The number of hydrogen-bond acceptors (Lipinski definition) is 4. The van der Waals surface area contributed by atoms with Crippen LogP contribution in [0.4, 0.5) is 5.69 Å². The monoisotopic (exact) mass is 310 g/mol. The highest BCUT2D eigenvalue weighted by atomic mass is 35.5. The van der Waals surface area contributed by atoms with E-state index >= 15 is 0 Å². The van der Waals surface area contributed by atoms with Crippen LogP contribution in [-0.4, -0.2) is 11.0 Å². The highest BCUT2D eigenvalue weighted by Crippen LogP contribution is 2.23. The summed E-state index contributed by atoms with van der Waals surface area (Å²) in [5, 5.41) is 1.25. The fourth-order valence-corrected chi connectivity index (χ4v) is 2.50. The van der Waals surface area contributed by atoms with Crippen LogP contribution >= 0.6 is 23.2 Å². The Morgan fingerprint density at radius 2 is 1.90 bits per heavy atom. The third-order valence-electron chi connectivity index (χ3n) is 3.12. The number of nitrogens with zero attached hydrogens (tertiary/aromatic N) is 1. The molecule has 1 unspecified atom stereocenters. The van der Waals surface area contributed by atoms with Gasteiger partial charge in [0, 0.05) is 34.2 Å². The number of nitrogens with two attached hydrogens (primary N) is 2. The van der Waals surface area contributed by atoms with Crippen molar-refractivity contribution in [3.8, 4) is 0 Å². The first kappa shape index (κ1) is 15.1. The molecule has 0 saturated heterocycles. The van der Waals surface area contributed by atoms with Gasteiger partial charge in [0.25, 0.3) is 0 Å². The maximum Gasteiger partial charge on any atom is 0.0453 e. The largest absolute Gasteiger partial charge is 0.398 e. The van der Waals surface area contributed by atoms with Crippen LogP contribution in [0.1, 0.15) is 11.1 Å². The Bertz CT molecular complexity index is 589. The minimum absolute atomic E-state index is 0.0141. The van der Waals surface area contributed by atoms with E-state index < -0.39 is 0 Å². The zero-order valence-electron chi connectivity index (χ0n) is 10.8. The van der Waals surface area contributed by atoms with E-state index in [-0.39, 0.29) is 6.04 Å². The first-order valence-electron chi connectivity index (χ1n) is 6.18. The topological polar surface area (TPSA) is 77.0 Å². The van der Waals surface area contributed by atoms with Gasteiger partial charge in [-0.25, -0.2) is 0 Å². The van der Waals surface area contributed by atoms with Crippen LogP contribution in [0.2, 0.25) is 10.0 Å². The summed E-state index contributed by atoms with van der Waals surface area (Å²) in [5.74, 6) is 5.62. The Hall–Kier alpha value is -1.33. The van der Waals surface area contributed by atoms with Gasteiger partial charge in [0.1, 0.15) is 0 Å². The lowest BCUT2D eigenvalue weighted by molar-refractivity contribution is 0.522. The Labute approximate surface area is 128 Å². The number of nitrogens with one attached hydrogen (secondary N) is 1. The van der Waals surface area contributed by atoms with E-state index in [0.717, 1.165) is 11.1 Å². The molecule has 0 bridgehead atoms. The molecule has 1 heterocycles. The van der Waals surface area contributed by atoms with Crippen molar-refractivity contribution in [1.82, 2.24) is 10.4 Å². The highest BCUT2D eigenvalue weighted by molar-refractivity contribution is 6.35. The Morgan fingerprint density at radius 1 is 1.15 bits per heavy atom. The maximum absolute atomic E-state index is 6.17. The Balaban J connectivity index is 2.11. The molecule has 0 saturated carbocycles. The first-order valence-corrected chi connectivity index (χ1v) is 6.94. The quantitative estimate of drug-likeness (QED) is 0.586. The summed E-state index contributed by atoms with van der Waals surface area (Å²) in [6.07, 6.45) is 4.78. The van der Waals surface area contributed by atoms with E-state index in [1.165, 1.54) is 0 Å². The molecule has 4 nitrogen and oxygen atoms in total. The van der Waals surface area contributed by atoms with Gasteiger partial charge in [-0.15, -0.1) is 0 Å². The molecule has 1 atom stereocenters. The number of rotatable bonds is 5. The number of hydrazine groups is 1. The second-order valence-corrected chi connectivity index (χ2v) is 5.43. The second-order valence-electron chi connectivity index (χ2n) is 4.58. The van der Waals surface area contributed by atoms with Gasteiger partial charge in [-0.2, -0.15) is 0 Å². The van der Waals surface area contributed by atoms with Crippen LogP contribution in [0.5, 0.6) is 0 Å². The molecule has 5 N–H and O–H groups in total. The number of anilines is 1. The zero-order chi connectivity index (χ0) is 14.5. The van der Waals surface area contributed by atoms with Gasteiger partial charge in [0.2, 0.25) is 0 Å². The van der Waals surface area contributed by atoms with Crippen molar-refractivity contribution in [1.29, 1.82) is 0 Å². The number of halogens is 2. The Kier molecular flexibility index (Phi) is 5.20. The van der Waals surface area contributed by atoms with E-state index in [4.69, 9.17) is 34.8 Å². The lowest BCUT2D eigenvalue weighted by atomic mass is 9.99. The molecule has 0 radical (unpaired) electrons. The van der Waals surface area contributed by atoms with Gasteiger partial charge in [-0.3, -0.25) is 16.3 Å². The minimum atomic E-state index is 0.0141. The molecule has 0 spiro atoms. The average Bonchev–Trinajstić information content (AvgIpc) is 2.43. The molecule has 6 heteroatoms. The summed E-state index contributed by atoms with van der Waals surface area (Å²) in [5.41, 5.74) is 11.4. The smallest absolute Gasteiger partial charge is 0.0453 e. The van der Waals surface area contributed by atoms with Crippen molar-refractivity contribution in [2.45, 2.75) is 18.9 Å². The molecular weight excluding hydrogens is 295 g/mol. The van der Waals surface area contributed by atoms with Crippen molar-refractivity contribution in [3.63, 3.8) is 0 Å². The minimum Gasteiger partial charge on any atom is -0.398 e. The molecule has 0 amide bonds. The van der Waals surface area contributed by atoms with Crippen LogP contribution in [0.3, 0.4) is 0 Å². The average molecular weight is 311 g/mol. The number of pyridine rings is 1. The van der Waals surface area contributed by atoms with Crippen molar-refractivity contribution in [2.75, 3.05) is 5.73 Å². The SMILES string of the molecule is NNC(Cc1cnccc1N)Cc1ccc(Cl)cc1Cl. The van der Waals surface area contributed by atoms with Crippen LogP contribution < -0.4 is 17.0 Å². The fraction of sp³-hybridized carbons (Fsp3) is 0.214. The van der Waals surface area contributed by atoms with E-state index in [2.05, 4.69) is 10.4 Å². The van der Waals surface area contributed by atoms with E-state index in [0.29, 0.717) is 28.6 Å². The van der Waals surface area contributed by atoms with E-state index in [1.807, 2.05) is 12.1 Å². The highest BCUT2D eigenvalue weighted by Gasteiger charge is 2.13. The molecule has 1 aromatic carbocycles. The first-order chi connectivity index (χ1) is 9.60. The molecule has 1 aromatic heterocycles. The van der Waals surface area contributed by atoms with Crippen molar-refractivity contribution < 1.29 is 0 Å². The van der Waals surface area contributed by atoms with Crippen molar-refractivity contribution in [3.05, 3.63) is 57.8 Å². The predicted molar refractivity (Wildman–Crippen MR) is 83.6 cm³/mol. The zero-order valence-corrected chi connectivity index (χ0v) is 12.3. The van der Waals surface area contributed by atoms with E-state index in [9.17, 15) is 0 Å². The lowest BCUT2D eigenvalue weighted by Crippen LogP contribution is -2.38. The summed E-state index contributed by atoms with van der Waals surface area (Å²) in [4.78, 5) is 4.08. The summed E-state index contributed by atoms with van der Waals surface area (Å²) in [7, 11) is 0. The van der Waals surface area contributed by atoms with Crippen molar-refractivity contribution >= 4 is 28.9 Å². The fourth-order valence-electron chi connectivity index (χ4n) is 2.02. The van der Waals surface area contributed by atoms with Crippen LogP contribution in [0.15, 0.2) is 36.7 Å². The summed E-state index contributed by atoms with van der Waals surface area (Å²) >= 11 is 12.1. The van der Waals surface area contributed by atoms with Crippen LogP contribution in [0, 0.1) is 0 Å². The standard InChI is InChI=1S/C14H16Cl2N4/c15-11-2-1-9(13(16)7-11)5-12(20-18)6-10-8-19-4-3-14(10)17/h1-4,7-8,12,20H,5-6,18H2,(H2,17,19). The second kappa shape index (κ2) is 6.90. The molecular formula is C14H16Cl2N4. The number of nitrogen functional groups attached to an aromatic ring is 1. The van der Waals surface area contributed by atoms with Gasteiger partial charge in [-0.05, 0) is 42.2 Å². The normalized spacial score (nSPS) is 12.3. The van der Waals surface area contributed by atoms with Gasteiger partial charge in [0.15, 0.2) is 0 Å². The van der Waals surface area contributed by atoms with E-state index in [1.54, 1.807) is 24.5 Å². The van der Waals surface area contributed by atoms with Gasteiger partial charge < -0.3 is 5.73 Å². The predicted octanol–water partition coefficient (Wildman–Crippen LogP) is 2.59. The molecule has 0 aliphatic rings. The molecule has 106 valence electrons. The maximum atomic E-state index is 6.17. The van der Waals surface area contributed by atoms with Crippen LogP contribution in [0.25, 0.3) is 0 Å². The molecule has 0 aliphatic heterocycles. The van der Waals surface area contributed by atoms with Gasteiger partial charge in [0.05, 0.1) is 0 Å². The number of aromatic nitrogens is 1. The molecule has 0 aliphatic carbocycles. The Morgan fingerprint density at radius 3 is 2.55 bits per heavy atom. The molecule has 20 heavy (non-hydrogen) atoms. The van der Waals surface area contributed by atoms with Crippen LogP contribution in [-0.2, 0) is 12.8 Å². The molecule has 0 fully saturated rings. The third kappa shape index (κ3) is 3.84. The molecule has 2 aromatic rings. The number of hydrogen-bond donors (Lipinski definition) is 3.